The van der Waals surface area contributed by atoms with E-state index < -0.39 is 6.04 Å². The summed E-state index contributed by atoms with van der Waals surface area (Å²) in [5, 5.41) is 4.01. The van der Waals surface area contributed by atoms with E-state index in [4.69, 9.17) is 10.3 Å². The fourth-order valence-corrected chi connectivity index (χ4v) is 2.35. The molecular weight excluding hydrogens is 308 g/mol. The standard InChI is InChI=1S/C16H18N6O2/c1-22(16(23)14(17)5-12-8-19-10-20-12)9-13-6-15(21-24-13)11-3-2-4-18-7-11/h2-4,6-8,10,14H,5,9,17H2,1H3,(H,19,20)/t14-/m0/s1. The maximum atomic E-state index is 12.3. The Morgan fingerprint density at radius 1 is 1.42 bits per heavy atom. The molecule has 1 atom stereocenters. The van der Waals surface area contributed by atoms with Gasteiger partial charge in [-0.15, -0.1) is 0 Å². The number of nitrogens with zero attached hydrogens (tertiary/aromatic N) is 4. The molecule has 0 aliphatic heterocycles. The molecule has 0 unspecified atom stereocenters. The second kappa shape index (κ2) is 7.05. The Kier molecular flexibility index (Phi) is 4.66. The van der Waals surface area contributed by atoms with Gasteiger partial charge in [0.1, 0.15) is 5.69 Å². The molecule has 3 aromatic rings. The minimum atomic E-state index is -0.642. The van der Waals surface area contributed by atoms with Gasteiger partial charge in [-0.1, -0.05) is 5.16 Å². The molecule has 1 amide bonds. The first-order chi connectivity index (χ1) is 11.6. The highest BCUT2D eigenvalue weighted by Gasteiger charge is 2.20. The monoisotopic (exact) mass is 326 g/mol. The Labute approximate surface area is 138 Å². The van der Waals surface area contributed by atoms with Crippen LogP contribution in [0.25, 0.3) is 11.3 Å². The van der Waals surface area contributed by atoms with Crippen molar-refractivity contribution in [3.8, 4) is 11.3 Å². The second-order valence-electron chi connectivity index (χ2n) is 5.50. The maximum absolute atomic E-state index is 12.3. The van der Waals surface area contributed by atoms with E-state index in [0.29, 0.717) is 24.4 Å². The van der Waals surface area contributed by atoms with Gasteiger partial charge in [0.05, 0.1) is 18.9 Å². The molecule has 0 aliphatic rings. The fraction of sp³-hybridized carbons (Fsp3) is 0.250. The minimum Gasteiger partial charge on any atom is -0.359 e. The molecule has 0 aromatic carbocycles. The van der Waals surface area contributed by atoms with Gasteiger partial charge in [0.25, 0.3) is 0 Å². The zero-order valence-corrected chi connectivity index (χ0v) is 13.2. The lowest BCUT2D eigenvalue weighted by Crippen LogP contribution is -2.42. The number of H-pyrrole nitrogens is 1. The third-order valence-electron chi connectivity index (χ3n) is 3.60. The summed E-state index contributed by atoms with van der Waals surface area (Å²) in [6.45, 7) is 0.294. The molecule has 0 aliphatic carbocycles. The first-order valence-electron chi connectivity index (χ1n) is 7.47. The summed E-state index contributed by atoms with van der Waals surface area (Å²) < 4.78 is 5.30. The van der Waals surface area contributed by atoms with Crippen molar-refractivity contribution in [1.29, 1.82) is 0 Å². The van der Waals surface area contributed by atoms with Gasteiger partial charge < -0.3 is 20.1 Å². The summed E-state index contributed by atoms with van der Waals surface area (Å²) in [5.74, 6) is 0.405. The number of rotatable bonds is 6. The predicted octanol–water partition coefficient (Wildman–Crippen LogP) is 0.988. The molecule has 3 aromatic heterocycles. The Bertz CT molecular complexity index is 784. The number of amides is 1. The number of carbonyl (C=O) groups is 1. The smallest absolute Gasteiger partial charge is 0.240 e. The third-order valence-corrected chi connectivity index (χ3v) is 3.60. The van der Waals surface area contributed by atoms with Crippen molar-refractivity contribution in [3.63, 3.8) is 0 Å². The fourth-order valence-electron chi connectivity index (χ4n) is 2.35. The molecule has 3 heterocycles. The summed E-state index contributed by atoms with van der Waals surface area (Å²) in [4.78, 5) is 24.8. The van der Waals surface area contributed by atoms with Gasteiger partial charge in [-0.3, -0.25) is 9.78 Å². The van der Waals surface area contributed by atoms with Gasteiger partial charge in [0.15, 0.2) is 5.76 Å². The Hall–Kier alpha value is -3.00. The molecule has 3 N–H and O–H groups in total. The Morgan fingerprint density at radius 3 is 3.00 bits per heavy atom. The molecule has 0 bridgehead atoms. The molecule has 3 rings (SSSR count). The highest BCUT2D eigenvalue weighted by atomic mass is 16.5. The molecule has 24 heavy (non-hydrogen) atoms. The van der Waals surface area contributed by atoms with E-state index in [9.17, 15) is 4.79 Å². The number of pyridine rings is 1. The van der Waals surface area contributed by atoms with Crippen LogP contribution in [-0.4, -0.2) is 44.0 Å². The number of nitrogens with one attached hydrogen (secondary N) is 1. The van der Waals surface area contributed by atoms with Crippen LogP contribution in [0.5, 0.6) is 0 Å². The van der Waals surface area contributed by atoms with Gasteiger partial charge in [0, 0.05) is 49.4 Å². The van der Waals surface area contributed by atoms with Crippen LogP contribution in [0.15, 0.2) is 47.6 Å². The van der Waals surface area contributed by atoms with Gasteiger partial charge in [-0.25, -0.2) is 4.98 Å². The summed E-state index contributed by atoms with van der Waals surface area (Å²) in [5.41, 5.74) is 8.33. The number of likely N-dealkylation sites (N-methyl/N-ethyl adjacent to an activating group) is 1. The van der Waals surface area contributed by atoms with Crippen LogP contribution in [0, 0.1) is 0 Å². The van der Waals surface area contributed by atoms with E-state index in [-0.39, 0.29) is 5.91 Å². The van der Waals surface area contributed by atoms with E-state index in [1.54, 1.807) is 38.0 Å². The third kappa shape index (κ3) is 3.66. The second-order valence-corrected chi connectivity index (χ2v) is 5.50. The van der Waals surface area contributed by atoms with Crippen LogP contribution < -0.4 is 5.73 Å². The van der Waals surface area contributed by atoms with Crippen LogP contribution in [0.2, 0.25) is 0 Å². The lowest BCUT2D eigenvalue weighted by atomic mass is 10.1. The van der Waals surface area contributed by atoms with Gasteiger partial charge in [-0.05, 0) is 12.1 Å². The zero-order chi connectivity index (χ0) is 16.9. The van der Waals surface area contributed by atoms with E-state index in [0.717, 1.165) is 11.3 Å². The normalized spacial score (nSPS) is 12.1. The molecule has 0 radical (unpaired) electrons. The predicted molar refractivity (Wildman–Crippen MR) is 86.5 cm³/mol. The van der Waals surface area contributed by atoms with Crippen molar-refractivity contribution in [2.24, 2.45) is 5.73 Å². The van der Waals surface area contributed by atoms with Crippen molar-refractivity contribution < 1.29 is 9.32 Å². The van der Waals surface area contributed by atoms with Gasteiger partial charge in [-0.2, -0.15) is 0 Å². The minimum absolute atomic E-state index is 0.177. The van der Waals surface area contributed by atoms with Crippen molar-refractivity contribution in [2.75, 3.05) is 7.05 Å². The molecule has 8 nitrogen and oxygen atoms in total. The molecule has 0 saturated heterocycles. The van der Waals surface area contributed by atoms with E-state index in [1.165, 1.54) is 4.90 Å². The van der Waals surface area contributed by atoms with Crippen LogP contribution in [-0.2, 0) is 17.8 Å². The van der Waals surface area contributed by atoms with E-state index >= 15 is 0 Å². The van der Waals surface area contributed by atoms with Gasteiger partial charge in [0.2, 0.25) is 5.91 Å². The molecule has 124 valence electrons. The highest BCUT2D eigenvalue weighted by molar-refractivity contribution is 5.81. The summed E-state index contributed by atoms with van der Waals surface area (Å²) in [6.07, 6.45) is 7.02. The van der Waals surface area contributed by atoms with Crippen molar-refractivity contribution in [2.45, 2.75) is 19.0 Å². The van der Waals surface area contributed by atoms with E-state index in [1.807, 2.05) is 12.1 Å². The average molecular weight is 326 g/mol. The number of aromatic nitrogens is 4. The molecule has 0 fully saturated rings. The lowest BCUT2D eigenvalue weighted by Gasteiger charge is -2.19. The molecule has 0 saturated carbocycles. The number of hydrogen-bond donors (Lipinski definition) is 2. The van der Waals surface area contributed by atoms with Crippen LogP contribution in [0.1, 0.15) is 11.5 Å². The summed E-state index contributed by atoms with van der Waals surface area (Å²) >= 11 is 0. The first-order valence-corrected chi connectivity index (χ1v) is 7.47. The lowest BCUT2D eigenvalue weighted by molar-refractivity contribution is -0.132. The van der Waals surface area contributed by atoms with Gasteiger partial charge >= 0.3 is 0 Å². The highest BCUT2D eigenvalue weighted by Crippen LogP contribution is 2.18. The molecule has 0 spiro atoms. The number of hydrogen-bond acceptors (Lipinski definition) is 6. The summed E-state index contributed by atoms with van der Waals surface area (Å²) in [7, 11) is 1.68. The summed E-state index contributed by atoms with van der Waals surface area (Å²) in [6, 6.07) is 4.87. The number of nitrogens with two attached hydrogens (primary N) is 1. The number of carbonyl (C=O) groups excluding carboxylic acids is 1. The quantitative estimate of drug-likeness (QED) is 0.698. The average Bonchev–Trinajstić information content (AvgIpc) is 3.27. The van der Waals surface area contributed by atoms with Crippen molar-refractivity contribution >= 4 is 5.91 Å². The van der Waals surface area contributed by atoms with Crippen LogP contribution >= 0.6 is 0 Å². The largest absolute Gasteiger partial charge is 0.359 e. The van der Waals surface area contributed by atoms with Crippen LogP contribution in [0.3, 0.4) is 0 Å². The van der Waals surface area contributed by atoms with Crippen molar-refractivity contribution in [1.82, 2.24) is 25.0 Å². The topological polar surface area (TPSA) is 114 Å². The number of aromatic amines is 1. The van der Waals surface area contributed by atoms with Crippen LogP contribution in [0.4, 0.5) is 0 Å². The van der Waals surface area contributed by atoms with Crippen molar-refractivity contribution in [3.05, 3.63) is 54.6 Å². The SMILES string of the molecule is CN(Cc1cc(-c2cccnc2)no1)C(=O)[C@@H](N)Cc1cnc[nH]1. The maximum Gasteiger partial charge on any atom is 0.240 e. The zero-order valence-electron chi connectivity index (χ0n) is 13.2. The number of imidazole rings is 1. The molecular formula is C16H18N6O2. The Morgan fingerprint density at radius 2 is 2.29 bits per heavy atom. The first kappa shape index (κ1) is 15.9. The molecule has 8 heteroatoms. The Balaban J connectivity index is 1.61. The van der Waals surface area contributed by atoms with E-state index in [2.05, 4.69) is 20.1 Å².